The Kier molecular flexibility index (Phi) is 6.26. The molecule has 1 aromatic heterocycles. The standard InChI is InChI=1S/C14H20Cl2N4O2/c1-18(6-7-21)10-13(22)19-2-4-20(5-3-19)14-12(16)8-11(15)9-17-14/h8-9,21H,2-7,10H2,1H3. The first-order valence-electron chi connectivity index (χ1n) is 7.14. The molecule has 0 bridgehead atoms. The van der Waals surface area contributed by atoms with Gasteiger partial charge in [-0.15, -0.1) is 0 Å². The SMILES string of the molecule is CN(CCO)CC(=O)N1CCN(c2ncc(Cl)cc2Cl)CC1. The molecule has 0 atom stereocenters. The van der Waals surface area contributed by atoms with Crippen LogP contribution < -0.4 is 4.90 Å². The van der Waals surface area contributed by atoms with E-state index >= 15 is 0 Å². The van der Waals surface area contributed by atoms with Crippen molar-refractivity contribution in [3.63, 3.8) is 0 Å². The molecule has 2 heterocycles. The average molecular weight is 347 g/mol. The molecule has 0 aliphatic carbocycles. The van der Waals surface area contributed by atoms with E-state index in [-0.39, 0.29) is 12.5 Å². The van der Waals surface area contributed by atoms with E-state index in [0.29, 0.717) is 55.1 Å². The van der Waals surface area contributed by atoms with E-state index in [0.717, 1.165) is 0 Å². The van der Waals surface area contributed by atoms with Crippen molar-refractivity contribution in [1.29, 1.82) is 0 Å². The van der Waals surface area contributed by atoms with Crippen molar-refractivity contribution in [2.75, 3.05) is 57.8 Å². The van der Waals surface area contributed by atoms with Gasteiger partial charge in [-0.05, 0) is 13.1 Å². The van der Waals surface area contributed by atoms with Gasteiger partial charge in [0.15, 0.2) is 0 Å². The molecule has 1 amide bonds. The number of hydrogen-bond acceptors (Lipinski definition) is 5. The number of carbonyl (C=O) groups is 1. The van der Waals surface area contributed by atoms with Crippen molar-refractivity contribution >= 4 is 34.9 Å². The van der Waals surface area contributed by atoms with Crippen molar-refractivity contribution in [2.24, 2.45) is 0 Å². The second kappa shape index (κ2) is 7.97. The molecule has 0 aromatic carbocycles. The lowest BCUT2D eigenvalue weighted by molar-refractivity contribution is -0.132. The molecule has 0 saturated carbocycles. The zero-order valence-electron chi connectivity index (χ0n) is 12.5. The summed E-state index contributed by atoms with van der Waals surface area (Å²) in [7, 11) is 1.82. The number of piperazine rings is 1. The first-order valence-corrected chi connectivity index (χ1v) is 7.90. The molecule has 1 N–H and O–H groups in total. The number of aliphatic hydroxyl groups is 1. The number of halogens is 2. The summed E-state index contributed by atoms with van der Waals surface area (Å²) in [6.07, 6.45) is 1.57. The third-order valence-electron chi connectivity index (χ3n) is 3.61. The van der Waals surface area contributed by atoms with Gasteiger partial charge >= 0.3 is 0 Å². The van der Waals surface area contributed by atoms with Crippen LogP contribution in [0.3, 0.4) is 0 Å². The molecule has 8 heteroatoms. The van der Waals surface area contributed by atoms with E-state index in [1.807, 2.05) is 16.8 Å². The molecule has 22 heavy (non-hydrogen) atoms. The summed E-state index contributed by atoms with van der Waals surface area (Å²) in [5.74, 6) is 0.779. The Labute approximate surface area is 140 Å². The normalized spacial score (nSPS) is 15.5. The van der Waals surface area contributed by atoms with Crippen LogP contribution in [0.25, 0.3) is 0 Å². The minimum atomic E-state index is 0.0539. The Balaban J connectivity index is 1.88. The lowest BCUT2D eigenvalue weighted by Crippen LogP contribution is -2.51. The van der Waals surface area contributed by atoms with Gasteiger partial charge in [0.2, 0.25) is 5.91 Å². The number of aromatic nitrogens is 1. The number of anilines is 1. The summed E-state index contributed by atoms with van der Waals surface area (Å²) in [5.41, 5.74) is 0. The summed E-state index contributed by atoms with van der Waals surface area (Å²) in [5, 5.41) is 9.90. The Morgan fingerprint density at radius 2 is 2.05 bits per heavy atom. The molecule has 1 fully saturated rings. The maximum absolute atomic E-state index is 12.2. The summed E-state index contributed by atoms with van der Waals surface area (Å²) in [4.78, 5) is 22.1. The van der Waals surface area contributed by atoms with Gasteiger partial charge in [-0.2, -0.15) is 0 Å². The Bertz CT molecular complexity index is 522. The molecule has 0 spiro atoms. The predicted molar refractivity (Wildman–Crippen MR) is 87.6 cm³/mol. The minimum Gasteiger partial charge on any atom is -0.395 e. The van der Waals surface area contributed by atoms with Crippen molar-refractivity contribution in [3.05, 3.63) is 22.3 Å². The van der Waals surface area contributed by atoms with E-state index < -0.39 is 0 Å². The Hall–Kier alpha value is -1.08. The smallest absolute Gasteiger partial charge is 0.236 e. The van der Waals surface area contributed by atoms with Crippen LogP contribution in [0, 0.1) is 0 Å². The fraction of sp³-hybridized carbons (Fsp3) is 0.571. The van der Waals surface area contributed by atoms with Crippen LogP contribution in [0.4, 0.5) is 5.82 Å². The minimum absolute atomic E-state index is 0.0539. The Morgan fingerprint density at radius 3 is 2.64 bits per heavy atom. The van der Waals surface area contributed by atoms with Gasteiger partial charge < -0.3 is 14.9 Å². The van der Waals surface area contributed by atoms with Gasteiger partial charge in [-0.3, -0.25) is 9.69 Å². The fourth-order valence-corrected chi connectivity index (χ4v) is 2.89. The monoisotopic (exact) mass is 346 g/mol. The summed E-state index contributed by atoms with van der Waals surface area (Å²) in [6.45, 7) is 3.50. The molecule has 1 aliphatic rings. The largest absolute Gasteiger partial charge is 0.395 e. The van der Waals surface area contributed by atoms with E-state index in [2.05, 4.69) is 9.88 Å². The lowest BCUT2D eigenvalue weighted by Gasteiger charge is -2.36. The number of hydrogen-bond donors (Lipinski definition) is 1. The van der Waals surface area contributed by atoms with E-state index in [1.165, 1.54) is 0 Å². The topological polar surface area (TPSA) is 59.9 Å². The molecule has 0 unspecified atom stereocenters. The number of rotatable bonds is 5. The molecule has 122 valence electrons. The molecule has 2 rings (SSSR count). The van der Waals surface area contributed by atoms with E-state index in [9.17, 15) is 4.79 Å². The van der Waals surface area contributed by atoms with Gasteiger partial charge in [-0.1, -0.05) is 23.2 Å². The van der Waals surface area contributed by atoms with Gasteiger partial charge in [0.05, 0.1) is 23.2 Å². The number of amides is 1. The van der Waals surface area contributed by atoms with Crippen molar-refractivity contribution < 1.29 is 9.90 Å². The van der Waals surface area contributed by atoms with Gasteiger partial charge in [0.25, 0.3) is 0 Å². The highest BCUT2D eigenvalue weighted by atomic mass is 35.5. The van der Waals surface area contributed by atoms with Crippen LogP contribution in [-0.4, -0.2) is 78.7 Å². The fourth-order valence-electron chi connectivity index (χ4n) is 2.39. The van der Waals surface area contributed by atoms with Gasteiger partial charge in [0.1, 0.15) is 5.82 Å². The van der Waals surface area contributed by atoms with Gasteiger partial charge in [0, 0.05) is 38.9 Å². The molecule has 1 saturated heterocycles. The summed E-state index contributed by atoms with van der Waals surface area (Å²) in [6, 6.07) is 1.67. The maximum atomic E-state index is 12.2. The highest BCUT2D eigenvalue weighted by Crippen LogP contribution is 2.26. The zero-order valence-corrected chi connectivity index (χ0v) is 14.0. The lowest BCUT2D eigenvalue weighted by atomic mass is 10.3. The summed E-state index contributed by atoms with van der Waals surface area (Å²) >= 11 is 12.0. The highest BCUT2D eigenvalue weighted by molar-refractivity contribution is 6.36. The molecule has 1 aromatic rings. The first-order chi connectivity index (χ1) is 10.5. The van der Waals surface area contributed by atoms with Crippen LogP contribution >= 0.6 is 23.2 Å². The molecule has 6 nitrogen and oxygen atoms in total. The Morgan fingerprint density at radius 1 is 1.36 bits per heavy atom. The zero-order chi connectivity index (χ0) is 16.1. The number of nitrogens with zero attached hydrogens (tertiary/aromatic N) is 4. The second-order valence-electron chi connectivity index (χ2n) is 5.29. The highest BCUT2D eigenvalue weighted by Gasteiger charge is 2.23. The quantitative estimate of drug-likeness (QED) is 0.860. The van der Waals surface area contributed by atoms with Crippen LogP contribution in [0.2, 0.25) is 10.0 Å². The van der Waals surface area contributed by atoms with Crippen LogP contribution in [0.5, 0.6) is 0 Å². The predicted octanol–water partition coefficient (Wildman–Crippen LogP) is 0.961. The van der Waals surface area contributed by atoms with E-state index in [4.69, 9.17) is 28.3 Å². The van der Waals surface area contributed by atoms with Crippen molar-refractivity contribution in [3.8, 4) is 0 Å². The third kappa shape index (κ3) is 4.46. The molecular weight excluding hydrogens is 327 g/mol. The second-order valence-corrected chi connectivity index (χ2v) is 6.13. The van der Waals surface area contributed by atoms with Crippen molar-refractivity contribution in [1.82, 2.24) is 14.8 Å². The van der Waals surface area contributed by atoms with Crippen LogP contribution in [0.15, 0.2) is 12.3 Å². The number of carbonyl (C=O) groups excluding carboxylic acids is 1. The summed E-state index contributed by atoms with van der Waals surface area (Å²) < 4.78 is 0. The first kappa shape index (κ1) is 17.3. The number of aliphatic hydroxyl groups excluding tert-OH is 1. The average Bonchev–Trinajstić information content (AvgIpc) is 2.47. The van der Waals surface area contributed by atoms with Crippen LogP contribution in [0.1, 0.15) is 0 Å². The van der Waals surface area contributed by atoms with Gasteiger partial charge in [-0.25, -0.2) is 4.98 Å². The maximum Gasteiger partial charge on any atom is 0.236 e. The van der Waals surface area contributed by atoms with Crippen LogP contribution in [-0.2, 0) is 4.79 Å². The van der Waals surface area contributed by atoms with E-state index in [1.54, 1.807) is 12.3 Å². The molecular formula is C14H20Cl2N4O2. The third-order valence-corrected chi connectivity index (χ3v) is 4.09. The number of pyridine rings is 1. The molecule has 1 aliphatic heterocycles. The van der Waals surface area contributed by atoms with Crippen molar-refractivity contribution in [2.45, 2.75) is 0 Å². The molecule has 0 radical (unpaired) electrons. The number of likely N-dealkylation sites (N-methyl/N-ethyl adjacent to an activating group) is 1.